The summed E-state index contributed by atoms with van der Waals surface area (Å²) >= 11 is 1.54. The smallest absolute Gasteiger partial charge is 0.230 e. The van der Waals surface area contributed by atoms with Crippen LogP contribution in [0.3, 0.4) is 0 Å². The SMILES string of the molecule is CC(=O)Nc1cccc(NC(=O)Cc2csc(-c3cccc(CN4CCOCC4)c3)n2)c1. The quantitative estimate of drug-likeness (QED) is 0.572. The molecule has 1 aromatic heterocycles. The first-order chi connectivity index (χ1) is 15.5. The van der Waals surface area contributed by atoms with E-state index in [9.17, 15) is 9.59 Å². The molecule has 2 heterocycles. The van der Waals surface area contributed by atoms with Crippen molar-refractivity contribution in [2.24, 2.45) is 0 Å². The highest BCUT2D eigenvalue weighted by Crippen LogP contribution is 2.25. The van der Waals surface area contributed by atoms with Crippen molar-refractivity contribution >= 4 is 34.5 Å². The molecule has 7 nitrogen and oxygen atoms in total. The van der Waals surface area contributed by atoms with E-state index in [1.54, 1.807) is 35.6 Å². The first kappa shape index (κ1) is 22.1. The van der Waals surface area contributed by atoms with Crippen molar-refractivity contribution < 1.29 is 14.3 Å². The van der Waals surface area contributed by atoms with Gasteiger partial charge >= 0.3 is 0 Å². The number of anilines is 2. The van der Waals surface area contributed by atoms with Gasteiger partial charge in [-0.15, -0.1) is 11.3 Å². The number of nitrogens with zero attached hydrogens (tertiary/aromatic N) is 2. The van der Waals surface area contributed by atoms with Crippen LogP contribution in [0.15, 0.2) is 53.9 Å². The number of aromatic nitrogens is 1. The normalized spacial score (nSPS) is 14.2. The number of nitrogens with one attached hydrogen (secondary N) is 2. The number of carbonyl (C=O) groups excluding carboxylic acids is 2. The van der Waals surface area contributed by atoms with Crippen molar-refractivity contribution in [1.82, 2.24) is 9.88 Å². The van der Waals surface area contributed by atoms with E-state index in [-0.39, 0.29) is 18.2 Å². The molecule has 0 saturated carbocycles. The average Bonchev–Trinajstić information content (AvgIpc) is 3.23. The third-order valence-corrected chi connectivity index (χ3v) is 5.98. The summed E-state index contributed by atoms with van der Waals surface area (Å²) in [5.41, 5.74) is 4.32. The van der Waals surface area contributed by atoms with Crippen LogP contribution in [0.2, 0.25) is 0 Å². The Morgan fingerprint density at radius 1 is 1.06 bits per heavy atom. The molecule has 2 N–H and O–H groups in total. The molecular weight excluding hydrogens is 424 g/mol. The molecule has 0 spiro atoms. The first-order valence-electron chi connectivity index (χ1n) is 10.6. The van der Waals surface area contributed by atoms with Crippen molar-refractivity contribution in [3.05, 3.63) is 65.2 Å². The van der Waals surface area contributed by atoms with Crippen molar-refractivity contribution in [3.63, 3.8) is 0 Å². The van der Waals surface area contributed by atoms with Gasteiger partial charge in [0.15, 0.2) is 0 Å². The lowest BCUT2D eigenvalue weighted by atomic mass is 10.1. The highest BCUT2D eigenvalue weighted by Gasteiger charge is 2.13. The molecule has 0 bridgehead atoms. The van der Waals surface area contributed by atoms with Gasteiger partial charge in [-0.3, -0.25) is 14.5 Å². The molecule has 1 fully saturated rings. The van der Waals surface area contributed by atoms with Crippen molar-refractivity contribution in [2.75, 3.05) is 36.9 Å². The van der Waals surface area contributed by atoms with E-state index < -0.39 is 0 Å². The molecular formula is C24H26N4O3S. The maximum Gasteiger partial charge on any atom is 0.230 e. The summed E-state index contributed by atoms with van der Waals surface area (Å²) in [7, 11) is 0. The van der Waals surface area contributed by atoms with Gasteiger partial charge in [0.05, 0.1) is 25.3 Å². The van der Waals surface area contributed by atoms with E-state index in [4.69, 9.17) is 4.74 Å². The maximum atomic E-state index is 12.5. The Morgan fingerprint density at radius 2 is 1.81 bits per heavy atom. The lowest BCUT2D eigenvalue weighted by molar-refractivity contribution is -0.116. The van der Waals surface area contributed by atoms with Gasteiger partial charge in [-0.25, -0.2) is 4.98 Å². The molecule has 0 radical (unpaired) electrons. The van der Waals surface area contributed by atoms with Crippen LogP contribution in [-0.4, -0.2) is 48.0 Å². The monoisotopic (exact) mass is 450 g/mol. The van der Waals surface area contributed by atoms with Crippen LogP contribution in [0.4, 0.5) is 11.4 Å². The van der Waals surface area contributed by atoms with E-state index in [1.807, 2.05) is 5.38 Å². The molecule has 4 rings (SSSR count). The fourth-order valence-electron chi connectivity index (χ4n) is 3.59. The van der Waals surface area contributed by atoms with Gasteiger partial charge in [0.1, 0.15) is 5.01 Å². The van der Waals surface area contributed by atoms with E-state index in [2.05, 4.69) is 44.8 Å². The molecule has 2 aromatic carbocycles. The van der Waals surface area contributed by atoms with Gasteiger partial charge in [0.25, 0.3) is 0 Å². The zero-order valence-corrected chi connectivity index (χ0v) is 18.8. The summed E-state index contributed by atoms with van der Waals surface area (Å²) in [6.07, 6.45) is 0.189. The fourth-order valence-corrected chi connectivity index (χ4v) is 4.41. The predicted octanol–water partition coefficient (Wildman–Crippen LogP) is 3.78. The number of rotatable bonds is 7. The molecule has 3 aromatic rings. The zero-order valence-electron chi connectivity index (χ0n) is 18.0. The molecule has 2 amide bonds. The number of hydrogen-bond donors (Lipinski definition) is 2. The van der Waals surface area contributed by atoms with Crippen molar-refractivity contribution in [2.45, 2.75) is 19.9 Å². The van der Waals surface area contributed by atoms with E-state index in [0.717, 1.165) is 49.1 Å². The Morgan fingerprint density at radius 3 is 2.59 bits per heavy atom. The molecule has 8 heteroatoms. The van der Waals surface area contributed by atoms with Crippen LogP contribution in [0.5, 0.6) is 0 Å². The fraction of sp³-hybridized carbons (Fsp3) is 0.292. The maximum absolute atomic E-state index is 12.5. The second-order valence-corrected chi connectivity index (χ2v) is 8.58. The molecule has 166 valence electrons. The standard InChI is InChI=1S/C24H26N4O3S/c1-17(29)25-20-6-3-7-21(13-20)26-23(30)14-22-16-32-24(27-22)19-5-2-4-18(12-19)15-28-8-10-31-11-9-28/h2-7,12-13,16H,8-11,14-15H2,1H3,(H,25,29)(H,26,30). The second-order valence-electron chi connectivity index (χ2n) is 7.72. The lowest BCUT2D eigenvalue weighted by Crippen LogP contribution is -2.35. The summed E-state index contributed by atoms with van der Waals surface area (Å²) in [5.74, 6) is -0.305. The van der Waals surface area contributed by atoms with Crippen LogP contribution < -0.4 is 10.6 Å². The molecule has 32 heavy (non-hydrogen) atoms. The summed E-state index contributed by atoms with van der Waals surface area (Å²) in [6, 6.07) is 15.5. The number of thiazole rings is 1. The van der Waals surface area contributed by atoms with Crippen molar-refractivity contribution in [1.29, 1.82) is 0 Å². The average molecular weight is 451 g/mol. The Bertz CT molecular complexity index is 1090. The van der Waals surface area contributed by atoms with Gasteiger partial charge in [-0.1, -0.05) is 24.3 Å². The number of amides is 2. The van der Waals surface area contributed by atoms with Gasteiger partial charge < -0.3 is 15.4 Å². The minimum absolute atomic E-state index is 0.150. The van der Waals surface area contributed by atoms with Crippen molar-refractivity contribution in [3.8, 4) is 10.6 Å². The topological polar surface area (TPSA) is 83.6 Å². The first-order valence-corrected chi connectivity index (χ1v) is 11.4. The number of morpholine rings is 1. The second kappa shape index (κ2) is 10.5. The number of hydrogen-bond acceptors (Lipinski definition) is 6. The van der Waals surface area contributed by atoms with Gasteiger partial charge in [0, 0.05) is 48.9 Å². The summed E-state index contributed by atoms with van der Waals surface area (Å²) in [4.78, 5) is 30.8. The number of carbonyl (C=O) groups is 2. The van der Waals surface area contributed by atoms with E-state index in [0.29, 0.717) is 11.4 Å². The highest BCUT2D eigenvalue weighted by atomic mass is 32.1. The largest absolute Gasteiger partial charge is 0.379 e. The molecule has 0 unspecified atom stereocenters. The van der Waals surface area contributed by atoms with Crippen LogP contribution in [0.1, 0.15) is 18.2 Å². The van der Waals surface area contributed by atoms with E-state index in [1.165, 1.54) is 12.5 Å². The van der Waals surface area contributed by atoms with Crippen LogP contribution in [0.25, 0.3) is 10.6 Å². The summed E-state index contributed by atoms with van der Waals surface area (Å²) < 4.78 is 5.42. The van der Waals surface area contributed by atoms with Crippen LogP contribution in [-0.2, 0) is 27.3 Å². The van der Waals surface area contributed by atoms with E-state index >= 15 is 0 Å². The van der Waals surface area contributed by atoms with Gasteiger partial charge in [-0.2, -0.15) is 0 Å². The number of ether oxygens (including phenoxy) is 1. The molecule has 1 aliphatic heterocycles. The summed E-state index contributed by atoms with van der Waals surface area (Å²) in [5, 5.41) is 8.41. The minimum atomic E-state index is -0.155. The number of benzene rings is 2. The Kier molecular flexibility index (Phi) is 7.26. The minimum Gasteiger partial charge on any atom is -0.379 e. The Hall–Kier alpha value is -3.07. The van der Waals surface area contributed by atoms with Crippen LogP contribution in [0, 0.1) is 0 Å². The van der Waals surface area contributed by atoms with Crippen LogP contribution >= 0.6 is 11.3 Å². The zero-order chi connectivity index (χ0) is 22.3. The molecule has 0 atom stereocenters. The molecule has 0 aliphatic carbocycles. The van der Waals surface area contributed by atoms with Gasteiger partial charge in [0.2, 0.25) is 11.8 Å². The lowest BCUT2D eigenvalue weighted by Gasteiger charge is -2.26. The summed E-state index contributed by atoms with van der Waals surface area (Å²) in [6.45, 7) is 5.83. The molecule has 1 saturated heterocycles. The Labute approximate surface area is 191 Å². The third-order valence-electron chi connectivity index (χ3n) is 5.04. The Balaban J connectivity index is 1.37. The molecule has 1 aliphatic rings. The third kappa shape index (κ3) is 6.23. The predicted molar refractivity (Wildman–Crippen MR) is 127 cm³/mol. The van der Waals surface area contributed by atoms with Gasteiger partial charge in [-0.05, 0) is 29.8 Å². The highest BCUT2D eigenvalue weighted by molar-refractivity contribution is 7.13.